The van der Waals surface area contributed by atoms with Gasteiger partial charge in [0.1, 0.15) is 5.52 Å². The standard InChI is InChI=1S/C11H10N2O2/c1-7(14)8-4-3-5-9-11(8)13-10(15-2)6-12-9/h3-6H,1-2H3. The average Bonchev–Trinajstić information content (AvgIpc) is 2.27. The molecule has 0 bridgehead atoms. The Morgan fingerprint density at radius 2 is 2.20 bits per heavy atom. The van der Waals surface area contributed by atoms with Crippen LogP contribution in [0.5, 0.6) is 5.88 Å². The largest absolute Gasteiger partial charge is 0.480 e. The van der Waals surface area contributed by atoms with Gasteiger partial charge in [0.25, 0.3) is 0 Å². The number of nitrogens with zero attached hydrogens (tertiary/aromatic N) is 2. The summed E-state index contributed by atoms with van der Waals surface area (Å²) in [7, 11) is 1.52. The first-order valence-corrected chi connectivity index (χ1v) is 4.53. The van der Waals surface area contributed by atoms with Gasteiger partial charge in [0.2, 0.25) is 5.88 Å². The molecule has 0 aliphatic carbocycles. The third-order valence-electron chi connectivity index (χ3n) is 2.14. The van der Waals surface area contributed by atoms with Gasteiger partial charge in [-0.2, -0.15) is 0 Å². The summed E-state index contributed by atoms with van der Waals surface area (Å²) in [6.45, 7) is 1.51. The summed E-state index contributed by atoms with van der Waals surface area (Å²) >= 11 is 0. The molecule has 76 valence electrons. The smallest absolute Gasteiger partial charge is 0.232 e. The van der Waals surface area contributed by atoms with E-state index < -0.39 is 0 Å². The van der Waals surface area contributed by atoms with Crippen molar-refractivity contribution in [3.63, 3.8) is 0 Å². The van der Waals surface area contributed by atoms with Crippen LogP contribution in [0.25, 0.3) is 11.0 Å². The number of Topliss-reactive ketones (excluding diaryl/α,β-unsaturated/α-hetero) is 1. The number of carbonyl (C=O) groups is 1. The van der Waals surface area contributed by atoms with Crippen LogP contribution in [-0.4, -0.2) is 22.9 Å². The lowest BCUT2D eigenvalue weighted by Gasteiger charge is -2.03. The summed E-state index contributed by atoms with van der Waals surface area (Å²) < 4.78 is 4.97. The molecule has 1 aromatic heterocycles. The van der Waals surface area contributed by atoms with Crippen molar-refractivity contribution in [3.05, 3.63) is 30.0 Å². The van der Waals surface area contributed by atoms with Crippen molar-refractivity contribution in [2.24, 2.45) is 0 Å². The minimum absolute atomic E-state index is 0.0249. The molecule has 4 heteroatoms. The van der Waals surface area contributed by atoms with E-state index in [2.05, 4.69) is 9.97 Å². The first-order valence-electron chi connectivity index (χ1n) is 4.53. The van der Waals surface area contributed by atoms with Gasteiger partial charge in [-0.25, -0.2) is 9.97 Å². The van der Waals surface area contributed by atoms with Gasteiger partial charge in [0.05, 0.1) is 18.8 Å². The minimum atomic E-state index is -0.0249. The summed E-state index contributed by atoms with van der Waals surface area (Å²) in [5.74, 6) is 0.388. The van der Waals surface area contributed by atoms with E-state index in [0.29, 0.717) is 22.5 Å². The summed E-state index contributed by atoms with van der Waals surface area (Å²) in [5, 5.41) is 0. The number of ketones is 1. The van der Waals surface area contributed by atoms with Crippen LogP contribution in [0, 0.1) is 0 Å². The number of carbonyl (C=O) groups excluding carboxylic acids is 1. The summed E-state index contributed by atoms with van der Waals surface area (Å²) in [4.78, 5) is 19.7. The quantitative estimate of drug-likeness (QED) is 0.697. The highest BCUT2D eigenvalue weighted by atomic mass is 16.5. The highest BCUT2D eigenvalue weighted by molar-refractivity contribution is 6.04. The van der Waals surface area contributed by atoms with Crippen molar-refractivity contribution in [1.29, 1.82) is 0 Å². The fourth-order valence-corrected chi connectivity index (χ4v) is 1.40. The summed E-state index contributed by atoms with van der Waals surface area (Å²) in [5.41, 5.74) is 1.85. The second-order valence-electron chi connectivity index (χ2n) is 3.14. The number of ether oxygens (including phenoxy) is 1. The maximum Gasteiger partial charge on any atom is 0.232 e. The molecule has 0 fully saturated rings. The van der Waals surface area contributed by atoms with Gasteiger partial charge < -0.3 is 4.74 Å². The molecule has 2 rings (SSSR count). The van der Waals surface area contributed by atoms with Crippen molar-refractivity contribution in [2.45, 2.75) is 6.92 Å². The van der Waals surface area contributed by atoms with Crippen LogP contribution in [0.2, 0.25) is 0 Å². The van der Waals surface area contributed by atoms with Crippen LogP contribution in [-0.2, 0) is 0 Å². The number of aromatic nitrogens is 2. The van der Waals surface area contributed by atoms with E-state index in [1.54, 1.807) is 12.1 Å². The van der Waals surface area contributed by atoms with Crippen molar-refractivity contribution in [3.8, 4) is 5.88 Å². The molecule has 0 saturated carbocycles. The second kappa shape index (κ2) is 3.65. The fourth-order valence-electron chi connectivity index (χ4n) is 1.40. The molecular weight excluding hydrogens is 192 g/mol. The predicted molar refractivity (Wildman–Crippen MR) is 56.1 cm³/mol. The van der Waals surface area contributed by atoms with Crippen molar-refractivity contribution >= 4 is 16.8 Å². The number of rotatable bonds is 2. The molecule has 0 radical (unpaired) electrons. The van der Waals surface area contributed by atoms with E-state index in [0.717, 1.165) is 0 Å². The third-order valence-corrected chi connectivity index (χ3v) is 2.14. The van der Waals surface area contributed by atoms with Gasteiger partial charge in [-0.05, 0) is 19.1 Å². The molecule has 0 aliphatic heterocycles. The van der Waals surface area contributed by atoms with E-state index in [9.17, 15) is 4.79 Å². The molecular formula is C11H10N2O2. The highest BCUT2D eigenvalue weighted by Gasteiger charge is 2.08. The van der Waals surface area contributed by atoms with E-state index in [1.807, 2.05) is 6.07 Å². The van der Waals surface area contributed by atoms with Crippen molar-refractivity contribution in [2.75, 3.05) is 7.11 Å². The van der Waals surface area contributed by atoms with Crippen LogP contribution < -0.4 is 4.74 Å². The third kappa shape index (κ3) is 1.66. The maximum atomic E-state index is 11.4. The molecule has 1 heterocycles. The molecule has 15 heavy (non-hydrogen) atoms. The molecule has 0 N–H and O–H groups in total. The Balaban J connectivity index is 2.76. The van der Waals surface area contributed by atoms with Gasteiger partial charge in [0, 0.05) is 5.56 Å². The van der Waals surface area contributed by atoms with Gasteiger partial charge >= 0.3 is 0 Å². The molecule has 0 saturated heterocycles. The van der Waals surface area contributed by atoms with Crippen molar-refractivity contribution in [1.82, 2.24) is 9.97 Å². The van der Waals surface area contributed by atoms with E-state index >= 15 is 0 Å². The Labute approximate surface area is 86.9 Å². The van der Waals surface area contributed by atoms with Gasteiger partial charge in [-0.1, -0.05) is 6.07 Å². The highest BCUT2D eigenvalue weighted by Crippen LogP contribution is 2.17. The Kier molecular flexibility index (Phi) is 2.33. The molecule has 0 spiro atoms. The maximum absolute atomic E-state index is 11.4. The summed E-state index contributed by atoms with van der Waals surface area (Å²) in [6, 6.07) is 5.34. The minimum Gasteiger partial charge on any atom is -0.480 e. The second-order valence-corrected chi connectivity index (χ2v) is 3.14. The van der Waals surface area contributed by atoms with Crippen LogP contribution >= 0.6 is 0 Å². The first-order chi connectivity index (χ1) is 7.22. The number of methoxy groups -OCH3 is 1. The van der Waals surface area contributed by atoms with Crippen molar-refractivity contribution < 1.29 is 9.53 Å². The lowest BCUT2D eigenvalue weighted by atomic mass is 10.1. The normalized spacial score (nSPS) is 10.3. The van der Waals surface area contributed by atoms with Gasteiger partial charge in [-0.3, -0.25) is 4.79 Å². The Hall–Kier alpha value is -1.97. The van der Waals surface area contributed by atoms with Crippen LogP contribution in [0.3, 0.4) is 0 Å². The van der Waals surface area contributed by atoms with E-state index in [1.165, 1.54) is 20.2 Å². The Morgan fingerprint density at radius 1 is 1.40 bits per heavy atom. The zero-order valence-electron chi connectivity index (χ0n) is 8.52. The lowest BCUT2D eigenvalue weighted by molar-refractivity contribution is 0.101. The lowest BCUT2D eigenvalue weighted by Crippen LogP contribution is -1.98. The zero-order valence-corrected chi connectivity index (χ0v) is 8.52. The molecule has 0 atom stereocenters. The zero-order chi connectivity index (χ0) is 10.8. The monoisotopic (exact) mass is 202 g/mol. The molecule has 4 nitrogen and oxygen atoms in total. The average molecular weight is 202 g/mol. The fraction of sp³-hybridized carbons (Fsp3) is 0.182. The molecule has 0 amide bonds. The number of hydrogen-bond donors (Lipinski definition) is 0. The first kappa shape index (κ1) is 9.58. The van der Waals surface area contributed by atoms with Crippen LogP contribution in [0.15, 0.2) is 24.4 Å². The van der Waals surface area contributed by atoms with Gasteiger partial charge in [-0.15, -0.1) is 0 Å². The predicted octanol–water partition coefficient (Wildman–Crippen LogP) is 1.84. The summed E-state index contributed by atoms with van der Waals surface area (Å²) in [6.07, 6.45) is 1.53. The number of para-hydroxylation sites is 1. The van der Waals surface area contributed by atoms with Gasteiger partial charge in [0.15, 0.2) is 5.78 Å². The Morgan fingerprint density at radius 3 is 2.87 bits per heavy atom. The number of hydrogen-bond acceptors (Lipinski definition) is 4. The SMILES string of the molecule is COc1cnc2cccc(C(C)=O)c2n1. The molecule has 0 aliphatic rings. The van der Waals surface area contributed by atoms with E-state index in [4.69, 9.17) is 4.74 Å². The molecule has 2 aromatic rings. The topological polar surface area (TPSA) is 52.1 Å². The number of fused-ring (bicyclic) bond motifs is 1. The Bertz CT molecular complexity index is 523. The van der Waals surface area contributed by atoms with E-state index in [-0.39, 0.29) is 5.78 Å². The van der Waals surface area contributed by atoms with Crippen LogP contribution in [0.1, 0.15) is 17.3 Å². The van der Waals surface area contributed by atoms with Crippen LogP contribution in [0.4, 0.5) is 0 Å². The molecule has 1 aromatic carbocycles. The number of benzene rings is 1. The molecule has 0 unspecified atom stereocenters.